The Labute approximate surface area is 167 Å². The van der Waals surface area contributed by atoms with E-state index in [1.54, 1.807) is 30.3 Å². The maximum atomic E-state index is 12.6. The zero-order valence-electron chi connectivity index (χ0n) is 14.4. The van der Waals surface area contributed by atoms with Crippen LogP contribution in [0.4, 0.5) is 4.79 Å². The molecule has 0 atom stereocenters. The largest absolute Gasteiger partial charge is 0.419 e. The van der Waals surface area contributed by atoms with Gasteiger partial charge in [0.1, 0.15) is 6.54 Å². The Morgan fingerprint density at radius 3 is 2.18 bits per heavy atom. The SMILES string of the molecule is O=C1C(=O)N(Cc2nnc(-c3ccccc3Br)o2)C(=O)N1Cc1ccccc1. The fourth-order valence-electron chi connectivity index (χ4n) is 2.79. The number of hydrogen-bond donors (Lipinski definition) is 0. The second kappa shape index (κ2) is 7.35. The van der Waals surface area contributed by atoms with Crippen molar-refractivity contribution in [3.05, 3.63) is 70.5 Å². The van der Waals surface area contributed by atoms with Gasteiger partial charge in [-0.3, -0.25) is 14.5 Å². The number of amides is 4. The predicted molar refractivity (Wildman–Crippen MR) is 100 cm³/mol. The van der Waals surface area contributed by atoms with Gasteiger partial charge in [0.25, 0.3) is 0 Å². The van der Waals surface area contributed by atoms with Crippen LogP contribution in [0.3, 0.4) is 0 Å². The molecular weight excluding hydrogens is 428 g/mol. The van der Waals surface area contributed by atoms with Gasteiger partial charge in [-0.1, -0.05) is 42.5 Å². The molecule has 4 rings (SSSR count). The number of benzene rings is 2. The topological polar surface area (TPSA) is 96.6 Å². The first kappa shape index (κ1) is 18.1. The number of hydrogen-bond acceptors (Lipinski definition) is 6. The molecule has 28 heavy (non-hydrogen) atoms. The first-order valence-corrected chi connectivity index (χ1v) is 9.12. The maximum Gasteiger partial charge on any atom is 0.335 e. The Bertz CT molecular complexity index is 1070. The van der Waals surface area contributed by atoms with Gasteiger partial charge in [-0.2, -0.15) is 0 Å². The Hall–Kier alpha value is -3.33. The summed E-state index contributed by atoms with van der Waals surface area (Å²) < 4.78 is 6.34. The number of halogens is 1. The van der Waals surface area contributed by atoms with Crippen LogP contribution >= 0.6 is 15.9 Å². The van der Waals surface area contributed by atoms with E-state index in [4.69, 9.17) is 4.42 Å². The summed E-state index contributed by atoms with van der Waals surface area (Å²) in [5, 5.41) is 7.84. The summed E-state index contributed by atoms with van der Waals surface area (Å²) in [5.41, 5.74) is 1.43. The fourth-order valence-corrected chi connectivity index (χ4v) is 3.25. The Kier molecular flexibility index (Phi) is 4.74. The highest BCUT2D eigenvalue weighted by atomic mass is 79.9. The monoisotopic (exact) mass is 440 g/mol. The van der Waals surface area contributed by atoms with Crippen molar-refractivity contribution in [1.82, 2.24) is 20.0 Å². The zero-order valence-corrected chi connectivity index (χ0v) is 16.0. The van der Waals surface area contributed by atoms with Gasteiger partial charge in [-0.15, -0.1) is 10.2 Å². The van der Waals surface area contributed by atoms with E-state index in [2.05, 4.69) is 26.1 Å². The zero-order chi connectivity index (χ0) is 19.7. The fraction of sp³-hybridized carbons (Fsp3) is 0.105. The van der Waals surface area contributed by atoms with Crippen molar-refractivity contribution in [1.29, 1.82) is 0 Å². The number of rotatable bonds is 5. The summed E-state index contributed by atoms with van der Waals surface area (Å²) in [6.45, 7) is -0.251. The smallest absolute Gasteiger partial charge is 0.335 e. The third-order valence-electron chi connectivity index (χ3n) is 4.18. The van der Waals surface area contributed by atoms with Crippen LogP contribution in [0.25, 0.3) is 11.5 Å². The molecule has 2 aromatic carbocycles. The molecule has 1 aliphatic rings. The van der Waals surface area contributed by atoms with E-state index in [-0.39, 0.29) is 24.9 Å². The standard InChI is InChI=1S/C19H13BrN4O4/c20-14-9-5-4-8-13(14)16-22-21-15(28-16)11-24-18(26)17(25)23(19(24)27)10-12-6-2-1-3-7-12/h1-9H,10-11H2. The summed E-state index contributed by atoms with van der Waals surface area (Å²) in [6, 6.07) is 15.5. The molecule has 140 valence electrons. The van der Waals surface area contributed by atoms with Crippen molar-refractivity contribution in [2.24, 2.45) is 0 Å². The number of urea groups is 1. The first-order valence-electron chi connectivity index (χ1n) is 8.33. The predicted octanol–water partition coefficient (Wildman–Crippen LogP) is 2.99. The normalized spacial score (nSPS) is 14.2. The molecule has 8 nitrogen and oxygen atoms in total. The lowest BCUT2D eigenvalue weighted by Crippen LogP contribution is -2.32. The third-order valence-corrected chi connectivity index (χ3v) is 4.87. The number of carbonyl (C=O) groups is 3. The van der Waals surface area contributed by atoms with E-state index in [9.17, 15) is 14.4 Å². The van der Waals surface area contributed by atoms with Gasteiger partial charge in [-0.25, -0.2) is 9.69 Å². The molecule has 1 saturated heterocycles. The molecule has 0 bridgehead atoms. The van der Waals surface area contributed by atoms with Crippen molar-refractivity contribution in [2.75, 3.05) is 0 Å². The van der Waals surface area contributed by atoms with E-state index in [1.807, 2.05) is 24.3 Å². The van der Waals surface area contributed by atoms with Crippen LogP contribution < -0.4 is 0 Å². The summed E-state index contributed by atoms with van der Waals surface area (Å²) >= 11 is 3.40. The Morgan fingerprint density at radius 1 is 0.821 bits per heavy atom. The van der Waals surface area contributed by atoms with Gasteiger partial charge in [0.2, 0.25) is 11.8 Å². The minimum atomic E-state index is -0.915. The quantitative estimate of drug-likeness (QED) is 0.446. The summed E-state index contributed by atoms with van der Waals surface area (Å²) in [7, 11) is 0. The van der Waals surface area contributed by atoms with Gasteiger partial charge in [-0.05, 0) is 33.6 Å². The Morgan fingerprint density at radius 2 is 1.46 bits per heavy atom. The molecule has 4 amide bonds. The molecule has 0 radical (unpaired) electrons. The Balaban J connectivity index is 1.52. The summed E-state index contributed by atoms with van der Waals surface area (Å²) in [5.74, 6) is -1.49. The minimum absolute atomic E-state index is 0.0206. The highest BCUT2D eigenvalue weighted by Gasteiger charge is 2.45. The molecule has 0 aliphatic carbocycles. The van der Waals surface area contributed by atoms with E-state index >= 15 is 0 Å². The highest BCUT2D eigenvalue weighted by molar-refractivity contribution is 9.10. The third kappa shape index (κ3) is 3.31. The molecule has 9 heteroatoms. The lowest BCUT2D eigenvalue weighted by molar-refractivity contribution is -0.143. The minimum Gasteiger partial charge on any atom is -0.419 e. The van der Waals surface area contributed by atoms with Crippen LogP contribution in [0.1, 0.15) is 11.5 Å². The van der Waals surface area contributed by atoms with E-state index in [1.165, 1.54) is 0 Å². The number of nitrogens with zero attached hydrogens (tertiary/aromatic N) is 4. The highest BCUT2D eigenvalue weighted by Crippen LogP contribution is 2.27. The summed E-state index contributed by atoms with van der Waals surface area (Å²) in [6.07, 6.45) is 0. The molecule has 0 spiro atoms. The van der Waals surface area contributed by atoms with Crippen LogP contribution in [-0.4, -0.2) is 37.8 Å². The first-order chi connectivity index (χ1) is 13.5. The molecule has 1 aromatic heterocycles. The molecule has 1 fully saturated rings. The van der Waals surface area contributed by atoms with Gasteiger partial charge >= 0.3 is 17.8 Å². The van der Waals surface area contributed by atoms with Crippen LogP contribution in [0.15, 0.2) is 63.5 Å². The van der Waals surface area contributed by atoms with Gasteiger partial charge in [0.15, 0.2) is 0 Å². The molecule has 0 saturated carbocycles. The molecule has 3 aromatic rings. The van der Waals surface area contributed by atoms with Crippen LogP contribution in [0.2, 0.25) is 0 Å². The van der Waals surface area contributed by atoms with Crippen molar-refractivity contribution >= 4 is 33.8 Å². The molecule has 1 aliphatic heterocycles. The van der Waals surface area contributed by atoms with Crippen molar-refractivity contribution in [3.8, 4) is 11.5 Å². The van der Waals surface area contributed by atoms with E-state index in [0.29, 0.717) is 5.56 Å². The average molecular weight is 441 g/mol. The second-order valence-electron chi connectivity index (χ2n) is 6.03. The van der Waals surface area contributed by atoms with Crippen molar-refractivity contribution < 1.29 is 18.8 Å². The van der Waals surface area contributed by atoms with Gasteiger partial charge < -0.3 is 4.42 Å². The van der Waals surface area contributed by atoms with Gasteiger partial charge in [0.05, 0.1) is 12.1 Å². The van der Waals surface area contributed by atoms with Gasteiger partial charge in [0, 0.05) is 4.47 Å². The molecule has 0 N–H and O–H groups in total. The molecule has 0 unspecified atom stereocenters. The van der Waals surface area contributed by atoms with Crippen LogP contribution in [-0.2, 0) is 22.7 Å². The second-order valence-corrected chi connectivity index (χ2v) is 6.89. The summed E-state index contributed by atoms with van der Waals surface area (Å²) in [4.78, 5) is 38.8. The maximum absolute atomic E-state index is 12.6. The molecular formula is C19H13BrN4O4. The van der Waals surface area contributed by atoms with Crippen LogP contribution in [0, 0.1) is 0 Å². The number of aromatic nitrogens is 2. The lowest BCUT2D eigenvalue weighted by Gasteiger charge is -2.14. The van der Waals surface area contributed by atoms with E-state index < -0.39 is 17.8 Å². The molecule has 2 heterocycles. The number of imide groups is 2. The lowest BCUT2D eigenvalue weighted by atomic mass is 10.2. The van der Waals surface area contributed by atoms with Crippen LogP contribution in [0.5, 0.6) is 0 Å². The van der Waals surface area contributed by atoms with Crippen molar-refractivity contribution in [3.63, 3.8) is 0 Å². The average Bonchev–Trinajstić information content (AvgIpc) is 3.24. The van der Waals surface area contributed by atoms with E-state index in [0.717, 1.165) is 19.8 Å². The number of carbonyl (C=O) groups excluding carboxylic acids is 3. The van der Waals surface area contributed by atoms with Crippen molar-refractivity contribution in [2.45, 2.75) is 13.1 Å².